The molecule has 3 aliphatic heterocycles. The van der Waals surface area contributed by atoms with Gasteiger partial charge in [0.05, 0.1) is 38.7 Å². The van der Waals surface area contributed by atoms with E-state index in [9.17, 15) is 4.79 Å². The zero-order valence-corrected chi connectivity index (χ0v) is 21.8. The fourth-order valence-corrected chi connectivity index (χ4v) is 4.89. The predicted octanol–water partition coefficient (Wildman–Crippen LogP) is 1.74. The number of aromatic nitrogens is 4. The molecule has 2 fully saturated rings. The Morgan fingerprint density at radius 1 is 0.974 bits per heavy atom. The molecule has 13 heteroatoms. The van der Waals surface area contributed by atoms with Crippen LogP contribution in [-0.2, 0) is 20.7 Å². The smallest absolute Gasteiger partial charge is 0.378 e. The Labute approximate surface area is 226 Å². The number of hydroxylamine groups is 1. The molecule has 39 heavy (non-hydrogen) atoms. The lowest BCUT2D eigenvalue weighted by Crippen LogP contribution is -2.38. The van der Waals surface area contributed by atoms with Gasteiger partial charge in [0, 0.05) is 68.1 Å². The van der Waals surface area contributed by atoms with E-state index < -0.39 is 6.09 Å². The number of carbonyl (C=O) groups excluding carboxylic acids is 1. The Kier molecular flexibility index (Phi) is 6.99. The van der Waals surface area contributed by atoms with Crippen LogP contribution in [0.2, 0.25) is 0 Å². The number of morpholine rings is 2. The first kappa shape index (κ1) is 25.1. The van der Waals surface area contributed by atoms with Crippen LogP contribution in [0.3, 0.4) is 0 Å². The molecule has 1 amide bonds. The minimum Gasteiger partial charge on any atom is -0.378 e. The monoisotopic (exact) mass is 533 g/mol. The van der Waals surface area contributed by atoms with E-state index in [4.69, 9.17) is 30.0 Å². The van der Waals surface area contributed by atoms with Crippen LogP contribution in [0.15, 0.2) is 36.7 Å². The van der Waals surface area contributed by atoms with Gasteiger partial charge in [-0.1, -0.05) is 6.07 Å². The first-order valence-corrected chi connectivity index (χ1v) is 13.0. The van der Waals surface area contributed by atoms with Gasteiger partial charge in [-0.3, -0.25) is 4.90 Å². The number of fused-ring (bicyclic) bond motifs is 1. The number of amides is 1. The van der Waals surface area contributed by atoms with E-state index in [1.54, 1.807) is 24.5 Å². The van der Waals surface area contributed by atoms with E-state index in [2.05, 4.69) is 19.8 Å². The largest absolute Gasteiger partial charge is 0.438 e. The highest BCUT2D eigenvalue weighted by atomic mass is 16.7. The Bertz CT molecular complexity index is 1330. The lowest BCUT2D eigenvalue weighted by molar-refractivity contribution is 0.122. The molecular formula is C26H31N9O4. The SMILES string of the molecule is CN(C(=O)ON1CCc2c(-c3cnc(N)nc3)nc(N3CCOCC3)nc21)c1cccc(N2CCOCC2)c1. The molecule has 0 aliphatic carbocycles. The van der Waals surface area contributed by atoms with Gasteiger partial charge < -0.3 is 29.8 Å². The predicted molar refractivity (Wildman–Crippen MR) is 146 cm³/mol. The summed E-state index contributed by atoms with van der Waals surface area (Å²) < 4.78 is 11.0. The molecule has 3 aromatic rings. The summed E-state index contributed by atoms with van der Waals surface area (Å²) in [5.41, 5.74) is 9.78. The van der Waals surface area contributed by atoms with E-state index in [0.717, 1.165) is 35.6 Å². The highest BCUT2D eigenvalue weighted by molar-refractivity contribution is 5.88. The molecule has 204 valence electrons. The summed E-state index contributed by atoms with van der Waals surface area (Å²) in [5.74, 6) is 1.29. The zero-order valence-electron chi connectivity index (χ0n) is 21.8. The topological polar surface area (TPSA) is 135 Å². The first-order chi connectivity index (χ1) is 19.1. The van der Waals surface area contributed by atoms with Crippen molar-refractivity contribution < 1.29 is 19.1 Å². The molecule has 2 N–H and O–H groups in total. The highest BCUT2D eigenvalue weighted by Crippen LogP contribution is 2.36. The van der Waals surface area contributed by atoms with Gasteiger partial charge in [-0.15, -0.1) is 0 Å². The van der Waals surface area contributed by atoms with Gasteiger partial charge in [-0.25, -0.2) is 19.7 Å². The number of benzene rings is 1. The van der Waals surface area contributed by atoms with Crippen molar-refractivity contribution in [2.45, 2.75) is 6.42 Å². The van der Waals surface area contributed by atoms with Gasteiger partial charge in [0.15, 0.2) is 5.82 Å². The Morgan fingerprint density at radius 2 is 1.67 bits per heavy atom. The van der Waals surface area contributed by atoms with Gasteiger partial charge in [0.25, 0.3) is 0 Å². The fourth-order valence-electron chi connectivity index (χ4n) is 4.89. The number of ether oxygens (including phenoxy) is 2. The van der Waals surface area contributed by atoms with E-state index in [0.29, 0.717) is 69.9 Å². The number of hydrogen-bond acceptors (Lipinski definition) is 12. The average Bonchev–Trinajstić information content (AvgIpc) is 3.40. The molecule has 5 heterocycles. The van der Waals surface area contributed by atoms with E-state index in [1.165, 1.54) is 4.90 Å². The first-order valence-electron chi connectivity index (χ1n) is 13.0. The minimum atomic E-state index is -0.508. The fraction of sp³-hybridized carbons (Fsp3) is 0.423. The van der Waals surface area contributed by atoms with Crippen LogP contribution in [0.1, 0.15) is 5.56 Å². The minimum absolute atomic E-state index is 0.189. The third-order valence-corrected chi connectivity index (χ3v) is 7.07. The molecule has 0 atom stereocenters. The lowest BCUT2D eigenvalue weighted by Gasteiger charge is -2.30. The van der Waals surface area contributed by atoms with E-state index >= 15 is 0 Å². The van der Waals surface area contributed by atoms with Crippen LogP contribution in [0.25, 0.3) is 11.3 Å². The summed E-state index contributed by atoms with van der Waals surface area (Å²) in [4.78, 5) is 43.0. The van der Waals surface area contributed by atoms with E-state index in [1.807, 2.05) is 24.3 Å². The van der Waals surface area contributed by atoms with Crippen LogP contribution in [0.4, 0.5) is 33.9 Å². The average molecular weight is 534 g/mol. The summed E-state index contributed by atoms with van der Waals surface area (Å²) in [6.07, 6.45) is 3.39. The van der Waals surface area contributed by atoms with Gasteiger partial charge in [0.2, 0.25) is 11.9 Å². The third kappa shape index (κ3) is 5.22. The quantitative estimate of drug-likeness (QED) is 0.512. The number of hydrogen-bond donors (Lipinski definition) is 1. The zero-order chi connectivity index (χ0) is 26.8. The van der Waals surface area contributed by atoms with Crippen molar-refractivity contribution in [3.63, 3.8) is 0 Å². The summed E-state index contributed by atoms with van der Waals surface area (Å²) >= 11 is 0. The molecular weight excluding hydrogens is 502 g/mol. The number of carbonyl (C=O) groups is 1. The van der Waals surface area contributed by atoms with Crippen LogP contribution in [-0.4, -0.2) is 92.2 Å². The second-order valence-electron chi connectivity index (χ2n) is 9.49. The number of nitrogens with two attached hydrogens (primary N) is 1. The van der Waals surface area contributed by atoms with Crippen LogP contribution < -0.4 is 25.5 Å². The molecule has 2 aromatic heterocycles. The van der Waals surface area contributed by atoms with Crippen LogP contribution in [0, 0.1) is 0 Å². The Morgan fingerprint density at radius 3 is 2.38 bits per heavy atom. The molecule has 0 bridgehead atoms. The molecule has 13 nitrogen and oxygen atoms in total. The van der Waals surface area contributed by atoms with Gasteiger partial charge in [0.1, 0.15) is 0 Å². The highest BCUT2D eigenvalue weighted by Gasteiger charge is 2.32. The molecule has 1 aromatic carbocycles. The Balaban J connectivity index is 1.26. The maximum atomic E-state index is 13.3. The van der Waals surface area contributed by atoms with Crippen molar-refractivity contribution in [3.05, 3.63) is 42.2 Å². The molecule has 0 radical (unpaired) electrons. The van der Waals surface area contributed by atoms with Gasteiger partial charge in [-0.05, 0) is 24.6 Å². The molecule has 0 unspecified atom stereocenters. The normalized spacial score (nSPS) is 17.2. The van der Waals surface area contributed by atoms with Gasteiger partial charge >= 0.3 is 6.09 Å². The second kappa shape index (κ2) is 10.9. The lowest BCUT2D eigenvalue weighted by atomic mass is 10.1. The summed E-state index contributed by atoms with van der Waals surface area (Å²) in [7, 11) is 1.70. The van der Waals surface area contributed by atoms with Crippen molar-refractivity contribution in [1.82, 2.24) is 19.9 Å². The maximum absolute atomic E-state index is 13.3. The molecule has 0 spiro atoms. The van der Waals surface area contributed by atoms with Crippen molar-refractivity contribution in [2.24, 2.45) is 0 Å². The number of nitrogen functional groups attached to an aromatic ring is 1. The third-order valence-electron chi connectivity index (χ3n) is 7.07. The van der Waals surface area contributed by atoms with Crippen LogP contribution >= 0.6 is 0 Å². The second-order valence-corrected chi connectivity index (χ2v) is 9.49. The number of rotatable bonds is 5. The van der Waals surface area contributed by atoms with Gasteiger partial charge in [-0.2, -0.15) is 10.0 Å². The molecule has 0 saturated carbocycles. The molecule has 6 rings (SSSR count). The standard InChI is InChI=1S/C26H31N9O4/c1-32(19-3-2-4-20(15-19)33-7-11-37-12-8-33)26(36)39-35-6-5-21-22(18-16-28-24(27)29-17-18)30-25(31-23(21)35)34-9-13-38-14-10-34/h2-4,15-17H,5-14H2,1H3,(H2,27,28,29). The van der Waals surface area contributed by atoms with Crippen molar-refractivity contribution in [2.75, 3.05) is 91.7 Å². The van der Waals surface area contributed by atoms with Crippen molar-refractivity contribution >= 4 is 35.2 Å². The summed E-state index contributed by atoms with van der Waals surface area (Å²) in [6.45, 7) is 5.97. The molecule has 2 saturated heterocycles. The van der Waals surface area contributed by atoms with Crippen molar-refractivity contribution in [1.29, 1.82) is 0 Å². The summed E-state index contributed by atoms with van der Waals surface area (Å²) in [6, 6.07) is 7.86. The number of nitrogens with zero attached hydrogens (tertiary/aromatic N) is 8. The van der Waals surface area contributed by atoms with Crippen LogP contribution in [0.5, 0.6) is 0 Å². The van der Waals surface area contributed by atoms with Crippen molar-refractivity contribution in [3.8, 4) is 11.3 Å². The van der Waals surface area contributed by atoms with E-state index in [-0.39, 0.29) is 5.95 Å². The molecule has 3 aliphatic rings. The summed E-state index contributed by atoms with van der Waals surface area (Å²) in [5, 5.41) is 1.55. The Hall–Kier alpha value is -4.23. The maximum Gasteiger partial charge on any atom is 0.438 e. The number of anilines is 5.